The molecule has 0 amide bonds. The Kier molecular flexibility index (Phi) is 4.19. The Labute approximate surface area is 129 Å². The molecule has 112 valence electrons. The van der Waals surface area contributed by atoms with Gasteiger partial charge < -0.3 is 5.73 Å². The minimum absolute atomic E-state index is 0.128. The molecule has 1 heterocycles. The van der Waals surface area contributed by atoms with Crippen LogP contribution in [-0.2, 0) is 10.0 Å². The maximum atomic E-state index is 12.7. The van der Waals surface area contributed by atoms with Crippen molar-refractivity contribution in [3.05, 3.63) is 22.7 Å². The molecule has 1 aliphatic heterocycles. The van der Waals surface area contributed by atoms with Crippen molar-refractivity contribution < 1.29 is 8.42 Å². The van der Waals surface area contributed by atoms with Gasteiger partial charge in [-0.15, -0.1) is 0 Å². The molecule has 0 saturated carbocycles. The first kappa shape index (κ1) is 15.8. The fourth-order valence-corrected chi connectivity index (χ4v) is 5.07. The van der Waals surface area contributed by atoms with E-state index in [1.165, 1.54) is 0 Å². The van der Waals surface area contributed by atoms with Gasteiger partial charge >= 0.3 is 0 Å². The summed E-state index contributed by atoms with van der Waals surface area (Å²) in [5, 5.41) is 0. The van der Waals surface area contributed by atoms with Gasteiger partial charge in [-0.1, -0.05) is 20.8 Å². The molecule has 0 bridgehead atoms. The van der Waals surface area contributed by atoms with Crippen molar-refractivity contribution in [3.63, 3.8) is 0 Å². The van der Waals surface area contributed by atoms with Gasteiger partial charge in [0.2, 0.25) is 10.0 Å². The normalized spacial score (nSPS) is 21.3. The van der Waals surface area contributed by atoms with E-state index >= 15 is 0 Å². The number of halogens is 1. The number of nitrogens with zero attached hydrogens (tertiary/aromatic N) is 1. The maximum absolute atomic E-state index is 12.7. The van der Waals surface area contributed by atoms with Gasteiger partial charge in [0.1, 0.15) is 0 Å². The number of nitrogens with two attached hydrogens (primary N) is 1. The number of sulfonamides is 1. The fraction of sp³-hybridized carbons (Fsp3) is 0.571. The number of anilines is 1. The van der Waals surface area contributed by atoms with Crippen molar-refractivity contribution in [1.29, 1.82) is 0 Å². The van der Waals surface area contributed by atoms with Crippen LogP contribution < -0.4 is 5.73 Å². The van der Waals surface area contributed by atoms with E-state index in [2.05, 4.69) is 36.7 Å². The van der Waals surface area contributed by atoms with Crippen LogP contribution in [0.1, 0.15) is 27.2 Å². The SMILES string of the molecule is CC(C)(C)C1CCN(S(=O)(=O)c2ccc(N)cc2Br)C1. The lowest BCUT2D eigenvalue weighted by molar-refractivity contribution is 0.252. The molecular weight excluding hydrogens is 340 g/mol. The van der Waals surface area contributed by atoms with Gasteiger partial charge in [-0.05, 0) is 51.9 Å². The molecule has 6 heteroatoms. The van der Waals surface area contributed by atoms with Crippen LogP contribution in [0.15, 0.2) is 27.6 Å². The van der Waals surface area contributed by atoms with E-state index in [-0.39, 0.29) is 5.41 Å². The Morgan fingerprint density at radius 3 is 2.50 bits per heavy atom. The number of hydrogen-bond donors (Lipinski definition) is 1. The average molecular weight is 361 g/mol. The third kappa shape index (κ3) is 3.02. The lowest BCUT2D eigenvalue weighted by Crippen LogP contribution is -2.31. The molecule has 20 heavy (non-hydrogen) atoms. The molecule has 4 nitrogen and oxygen atoms in total. The second-order valence-corrected chi connectivity index (χ2v) is 9.17. The predicted octanol–water partition coefficient (Wildman–Crippen LogP) is 3.09. The van der Waals surface area contributed by atoms with Crippen LogP contribution in [0.2, 0.25) is 0 Å². The first-order valence-corrected chi connectivity index (χ1v) is 8.91. The summed E-state index contributed by atoms with van der Waals surface area (Å²) in [6, 6.07) is 4.82. The zero-order valence-electron chi connectivity index (χ0n) is 12.1. The highest BCUT2D eigenvalue weighted by atomic mass is 79.9. The van der Waals surface area contributed by atoms with Gasteiger partial charge in [0.05, 0.1) is 4.90 Å². The Bertz CT molecular complexity index is 608. The van der Waals surface area contributed by atoms with Crippen molar-refractivity contribution in [1.82, 2.24) is 4.31 Å². The summed E-state index contributed by atoms with van der Waals surface area (Å²) in [6.45, 7) is 7.65. The highest BCUT2D eigenvalue weighted by molar-refractivity contribution is 9.10. The van der Waals surface area contributed by atoms with E-state index in [4.69, 9.17) is 5.73 Å². The van der Waals surface area contributed by atoms with Gasteiger partial charge in [0.25, 0.3) is 0 Å². The van der Waals surface area contributed by atoms with Crippen molar-refractivity contribution in [3.8, 4) is 0 Å². The highest BCUT2D eigenvalue weighted by Crippen LogP contribution is 2.37. The third-order valence-electron chi connectivity index (χ3n) is 3.95. The molecule has 0 spiro atoms. The summed E-state index contributed by atoms with van der Waals surface area (Å²) in [4.78, 5) is 0.293. The van der Waals surface area contributed by atoms with Gasteiger partial charge in [0.15, 0.2) is 0 Å². The maximum Gasteiger partial charge on any atom is 0.244 e. The van der Waals surface area contributed by atoms with E-state index in [9.17, 15) is 8.42 Å². The van der Waals surface area contributed by atoms with Gasteiger partial charge in [0, 0.05) is 23.2 Å². The van der Waals surface area contributed by atoms with E-state index < -0.39 is 10.0 Å². The molecule has 0 aliphatic carbocycles. The topological polar surface area (TPSA) is 63.4 Å². The van der Waals surface area contributed by atoms with Crippen LogP contribution in [0.3, 0.4) is 0 Å². The highest BCUT2D eigenvalue weighted by Gasteiger charge is 2.38. The second kappa shape index (κ2) is 5.31. The zero-order valence-corrected chi connectivity index (χ0v) is 14.5. The first-order valence-electron chi connectivity index (χ1n) is 6.67. The summed E-state index contributed by atoms with van der Waals surface area (Å²) in [5.74, 6) is 0.393. The van der Waals surface area contributed by atoms with Gasteiger partial charge in [-0.3, -0.25) is 0 Å². The fourth-order valence-electron chi connectivity index (χ4n) is 2.52. The van der Waals surface area contributed by atoms with Gasteiger partial charge in [-0.25, -0.2) is 8.42 Å². The van der Waals surface area contributed by atoms with Crippen molar-refractivity contribution in [2.24, 2.45) is 11.3 Å². The smallest absolute Gasteiger partial charge is 0.244 e. The monoisotopic (exact) mass is 360 g/mol. The third-order valence-corrected chi connectivity index (χ3v) is 6.79. The summed E-state index contributed by atoms with van der Waals surface area (Å²) in [5.41, 5.74) is 6.34. The van der Waals surface area contributed by atoms with Gasteiger partial charge in [-0.2, -0.15) is 4.31 Å². The standard InChI is InChI=1S/C14H21BrN2O2S/c1-14(2,3)10-6-7-17(9-10)20(18,19)13-5-4-11(16)8-12(13)15/h4-5,8,10H,6-7,9,16H2,1-3H3. The molecule has 1 atom stereocenters. The van der Waals surface area contributed by atoms with Crippen molar-refractivity contribution in [2.75, 3.05) is 18.8 Å². The molecule has 1 saturated heterocycles. The van der Waals surface area contributed by atoms with E-state index in [1.807, 2.05) is 0 Å². The van der Waals surface area contributed by atoms with Crippen LogP contribution in [-0.4, -0.2) is 25.8 Å². The van der Waals surface area contributed by atoms with Crippen LogP contribution in [0.5, 0.6) is 0 Å². The number of hydrogen-bond acceptors (Lipinski definition) is 3. The summed E-state index contributed by atoms with van der Waals surface area (Å²) in [6.07, 6.45) is 0.912. The summed E-state index contributed by atoms with van der Waals surface area (Å²) >= 11 is 3.30. The molecule has 2 rings (SSSR count). The Morgan fingerprint density at radius 2 is 2.00 bits per heavy atom. The lowest BCUT2D eigenvalue weighted by atomic mass is 9.80. The summed E-state index contributed by atoms with van der Waals surface area (Å²) < 4.78 is 27.5. The molecule has 0 aromatic heterocycles. The zero-order chi connectivity index (χ0) is 15.1. The molecule has 1 fully saturated rings. The average Bonchev–Trinajstić information content (AvgIpc) is 2.77. The first-order chi connectivity index (χ1) is 9.12. The molecule has 1 aromatic rings. The molecule has 2 N–H and O–H groups in total. The number of benzene rings is 1. The Balaban J connectivity index is 2.28. The predicted molar refractivity (Wildman–Crippen MR) is 84.9 cm³/mol. The number of rotatable bonds is 2. The van der Waals surface area contributed by atoms with Crippen LogP contribution in [0.25, 0.3) is 0 Å². The molecule has 1 aliphatic rings. The van der Waals surface area contributed by atoms with E-state index in [0.717, 1.165) is 6.42 Å². The lowest BCUT2D eigenvalue weighted by Gasteiger charge is -2.27. The van der Waals surface area contributed by atoms with E-state index in [0.29, 0.717) is 34.1 Å². The minimum atomic E-state index is -3.45. The molecular formula is C14H21BrN2O2S. The number of nitrogen functional groups attached to an aromatic ring is 1. The Morgan fingerprint density at radius 1 is 1.35 bits per heavy atom. The van der Waals surface area contributed by atoms with Crippen molar-refractivity contribution in [2.45, 2.75) is 32.1 Å². The quantitative estimate of drug-likeness (QED) is 0.824. The molecule has 0 radical (unpaired) electrons. The second-order valence-electron chi connectivity index (χ2n) is 6.40. The van der Waals surface area contributed by atoms with Crippen LogP contribution in [0, 0.1) is 11.3 Å². The van der Waals surface area contributed by atoms with Crippen LogP contribution >= 0.6 is 15.9 Å². The van der Waals surface area contributed by atoms with Crippen LogP contribution in [0.4, 0.5) is 5.69 Å². The molecule has 1 aromatic carbocycles. The van der Waals surface area contributed by atoms with E-state index in [1.54, 1.807) is 22.5 Å². The molecule has 1 unspecified atom stereocenters. The largest absolute Gasteiger partial charge is 0.399 e. The van der Waals surface area contributed by atoms with Crippen molar-refractivity contribution >= 4 is 31.6 Å². The minimum Gasteiger partial charge on any atom is -0.399 e. The Hall–Kier alpha value is -0.590. The summed E-state index contributed by atoms with van der Waals surface area (Å²) in [7, 11) is -3.45.